The molecule has 3 atom stereocenters. The van der Waals surface area contributed by atoms with Gasteiger partial charge in [0.1, 0.15) is 11.4 Å². The highest BCUT2D eigenvalue weighted by atomic mass is 16.6. The maximum Gasteiger partial charge on any atom is 0.306 e. The summed E-state index contributed by atoms with van der Waals surface area (Å²) < 4.78 is 5.69. The fourth-order valence-corrected chi connectivity index (χ4v) is 3.80. The molecule has 3 heteroatoms. The summed E-state index contributed by atoms with van der Waals surface area (Å²) in [6.07, 6.45) is 4.99. The van der Waals surface area contributed by atoms with Gasteiger partial charge in [-0.3, -0.25) is 4.79 Å². The van der Waals surface area contributed by atoms with Crippen molar-refractivity contribution in [3.63, 3.8) is 0 Å². The molecule has 1 saturated carbocycles. The molecule has 0 bridgehead atoms. The zero-order valence-corrected chi connectivity index (χ0v) is 11.0. The first kappa shape index (κ1) is 12.6. The average molecular weight is 238 g/mol. The minimum Gasteiger partial charge on any atom is -0.458 e. The Morgan fingerprint density at radius 3 is 2.71 bits per heavy atom. The first-order valence-electron chi connectivity index (χ1n) is 6.61. The van der Waals surface area contributed by atoms with Crippen LogP contribution in [-0.2, 0) is 14.3 Å². The van der Waals surface area contributed by atoms with E-state index in [2.05, 4.69) is 13.8 Å². The summed E-state index contributed by atoms with van der Waals surface area (Å²) in [5, 5.41) is 0. The van der Waals surface area contributed by atoms with Crippen LogP contribution in [0.5, 0.6) is 0 Å². The van der Waals surface area contributed by atoms with Crippen LogP contribution in [0, 0.1) is 11.3 Å². The Morgan fingerprint density at radius 2 is 2.18 bits per heavy atom. The van der Waals surface area contributed by atoms with E-state index in [9.17, 15) is 9.59 Å². The Balaban J connectivity index is 2.34. The van der Waals surface area contributed by atoms with Gasteiger partial charge in [-0.25, -0.2) is 0 Å². The van der Waals surface area contributed by atoms with Crippen molar-refractivity contribution in [3.05, 3.63) is 0 Å². The molecular formula is C14H22O3. The van der Waals surface area contributed by atoms with Gasteiger partial charge in [0.05, 0.1) is 0 Å². The van der Waals surface area contributed by atoms with Gasteiger partial charge < -0.3 is 9.53 Å². The van der Waals surface area contributed by atoms with Gasteiger partial charge in [0, 0.05) is 18.3 Å². The molecule has 1 saturated heterocycles. The van der Waals surface area contributed by atoms with Crippen LogP contribution in [0.4, 0.5) is 0 Å². The Morgan fingerprint density at radius 1 is 1.47 bits per heavy atom. The average Bonchev–Trinajstić information content (AvgIpc) is 2.58. The number of carbonyl (C=O) groups is 2. The van der Waals surface area contributed by atoms with E-state index in [4.69, 9.17) is 4.74 Å². The lowest BCUT2D eigenvalue weighted by atomic mass is 9.56. The molecule has 96 valence electrons. The number of ketones is 1. The fraction of sp³-hybridized carbons (Fsp3) is 0.857. The number of hydrogen-bond acceptors (Lipinski definition) is 3. The van der Waals surface area contributed by atoms with Crippen LogP contribution in [-0.4, -0.2) is 17.4 Å². The molecule has 0 amide bonds. The first-order chi connectivity index (χ1) is 7.90. The van der Waals surface area contributed by atoms with E-state index in [-0.39, 0.29) is 22.8 Å². The molecule has 2 fully saturated rings. The van der Waals surface area contributed by atoms with Gasteiger partial charge in [-0.05, 0) is 38.5 Å². The standard InChI is InChI=1S/C14H22O3/c1-10-5-4-7-14(8-6-12(16)17-14)13(10,3)9-11(2)15/h10H,4-9H2,1-3H3/t10-,13+,14-/m0/s1. The number of rotatable bonds is 2. The predicted octanol–water partition coefficient (Wildman–Crippen LogP) is 2.87. The Kier molecular flexibility index (Phi) is 3.04. The molecule has 3 nitrogen and oxygen atoms in total. The number of hydrogen-bond donors (Lipinski definition) is 0. The number of carbonyl (C=O) groups excluding carboxylic acids is 2. The van der Waals surface area contributed by atoms with Crippen LogP contribution in [0.3, 0.4) is 0 Å². The maximum absolute atomic E-state index is 11.5. The minimum atomic E-state index is -0.368. The molecule has 2 rings (SSSR count). The lowest BCUT2D eigenvalue weighted by Gasteiger charge is -2.52. The molecule has 0 aromatic carbocycles. The van der Waals surface area contributed by atoms with Gasteiger partial charge in [-0.1, -0.05) is 13.8 Å². The van der Waals surface area contributed by atoms with Crippen molar-refractivity contribution in [3.8, 4) is 0 Å². The van der Waals surface area contributed by atoms with Gasteiger partial charge in [0.25, 0.3) is 0 Å². The molecule has 0 aromatic rings. The van der Waals surface area contributed by atoms with Crippen LogP contribution >= 0.6 is 0 Å². The van der Waals surface area contributed by atoms with E-state index in [1.807, 2.05) is 0 Å². The van der Waals surface area contributed by atoms with E-state index in [1.165, 1.54) is 0 Å². The second-order valence-corrected chi connectivity index (χ2v) is 6.06. The third kappa shape index (κ3) is 1.90. The zero-order valence-electron chi connectivity index (χ0n) is 11.0. The molecule has 0 aromatic heterocycles. The lowest BCUT2D eigenvalue weighted by molar-refractivity contribution is -0.177. The normalized spacial score (nSPS) is 41.6. The Labute approximate surface area is 103 Å². The largest absolute Gasteiger partial charge is 0.458 e. The topological polar surface area (TPSA) is 43.4 Å². The molecule has 1 heterocycles. The Bertz CT molecular complexity index is 349. The van der Waals surface area contributed by atoms with E-state index < -0.39 is 0 Å². The maximum atomic E-state index is 11.5. The molecular weight excluding hydrogens is 216 g/mol. The Hall–Kier alpha value is -0.860. The number of esters is 1. The molecule has 2 aliphatic rings. The molecule has 0 unspecified atom stereocenters. The van der Waals surface area contributed by atoms with Crippen LogP contribution in [0.2, 0.25) is 0 Å². The van der Waals surface area contributed by atoms with Crippen LogP contribution in [0.1, 0.15) is 59.3 Å². The van der Waals surface area contributed by atoms with Crippen molar-refractivity contribution in [2.24, 2.45) is 11.3 Å². The van der Waals surface area contributed by atoms with Crippen molar-refractivity contribution in [1.82, 2.24) is 0 Å². The quantitative estimate of drug-likeness (QED) is 0.695. The molecule has 0 N–H and O–H groups in total. The highest BCUT2D eigenvalue weighted by Crippen LogP contribution is 2.56. The van der Waals surface area contributed by atoms with Crippen LogP contribution in [0.25, 0.3) is 0 Å². The van der Waals surface area contributed by atoms with Gasteiger partial charge in [0.15, 0.2) is 0 Å². The summed E-state index contributed by atoms with van der Waals surface area (Å²) in [5.41, 5.74) is -0.545. The monoisotopic (exact) mass is 238 g/mol. The smallest absolute Gasteiger partial charge is 0.306 e. The van der Waals surface area contributed by atoms with Gasteiger partial charge >= 0.3 is 5.97 Å². The number of Topliss-reactive ketones (excluding diaryl/α,β-unsaturated/α-hetero) is 1. The van der Waals surface area contributed by atoms with Gasteiger partial charge in [0.2, 0.25) is 0 Å². The van der Waals surface area contributed by atoms with Gasteiger partial charge in [-0.2, -0.15) is 0 Å². The van der Waals surface area contributed by atoms with E-state index >= 15 is 0 Å². The van der Waals surface area contributed by atoms with Crippen LogP contribution in [0.15, 0.2) is 0 Å². The summed E-state index contributed by atoms with van der Waals surface area (Å²) in [7, 11) is 0. The van der Waals surface area contributed by atoms with Crippen molar-refractivity contribution >= 4 is 11.8 Å². The van der Waals surface area contributed by atoms with E-state index in [0.29, 0.717) is 18.8 Å². The predicted molar refractivity (Wildman–Crippen MR) is 64.5 cm³/mol. The van der Waals surface area contributed by atoms with Crippen molar-refractivity contribution in [2.75, 3.05) is 0 Å². The third-order valence-electron chi connectivity index (χ3n) is 5.00. The molecule has 17 heavy (non-hydrogen) atoms. The highest BCUT2D eigenvalue weighted by Gasteiger charge is 2.58. The first-order valence-corrected chi connectivity index (χ1v) is 6.61. The second kappa shape index (κ2) is 4.11. The molecule has 1 aliphatic carbocycles. The second-order valence-electron chi connectivity index (χ2n) is 6.06. The summed E-state index contributed by atoms with van der Waals surface area (Å²) >= 11 is 0. The van der Waals surface area contributed by atoms with Gasteiger partial charge in [-0.15, -0.1) is 0 Å². The summed E-state index contributed by atoms with van der Waals surface area (Å²) in [4.78, 5) is 23.0. The lowest BCUT2D eigenvalue weighted by Crippen LogP contribution is -2.53. The fourth-order valence-electron chi connectivity index (χ4n) is 3.80. The molecule has 0 radical (unpaired) electrons. The molecule has 1 aliphatic heterocycles. The summed E-state index contributed by atoms with van der Waals surface area (Å²) in [5.74, 6) is 0.545. The third-order valence-corrected chi connectivity index (χ3v) is 5.00. The van der Waals surface area contributed by atoms with E-state index in [0.717, 1.165) is 25.7 Å². The highest BCUT2D eigenvalue weighted by molar-refractivity contribution is 5.77. The number of ether oxygens (including phenoxy) is 1. The van der Waals surface area contributed by atoms with Crippen LogP contribution < -0.4 is 0 Å². The molecule has 1 spiro atoms. The zero-order chi connectivity index (χ0) is 12.7. The minimum absolute atomic E-state index is 0.0890. The summed E-state index contributed by atoms with van der Waals surface area (Å²) in [6.45, 7) is 5.96. The van der Waals surface area contributed by atoms with E-state index in [1.54, 1.807) is 6.92 Å². The van der Waals surface area contributed by atoms with Crippen molar-refractivity contribution in [2.45, 2.75) is 64.9 Å². The summed E-state index contributed by atoms with van der Waals surface area (Å²) in [6, 6.07) is 0. The van der Waals surface area contributed by atoms with Crippen molar-refractivity contribution < 1.29 is 14.3 Å². The van der Waals surface area contributed by atoms with Crippen molar-refractivity contribution in [1.29, 1.82) is 0 Å². The SMILES string of the molecule is CC(=O)C[C@]1(C)[C@@H](C)CCC[C@]12CCC(=O)O2.